The van der Waals surface area contributed by atoms with Gasteiger partial charge in [0.25, 0.3) is 0 Å². The van der Waals surface area contributed by atoms with Crippen molar-refractivity contribution in [2.24, 2.45) is 0 Å². The predicted molar refractivity (Wildman–Crippen MR) is 102 cm³/mol. The van der Waals surface area contributed by atoms with Gasteiger partial charge in [-0.25, -0.2) is 0 Å². The van der Waals surface area contributed by atoms with Gasteiger partial charge in [0.05, 0.1) is 10.8 Å². The number of aliphatic hydroxyl groups is 1. The molecule has 0 amide bonds. The van der Waals surface area contributed by atoms with Gasteiger partial charge in [-0.05, 0) is 51.5 Å². The Bertz CT molecular complexity index is 747. The fraction of sp³-hybridized carbons (Fsp3) is 0.300. The molecule has 4 heteroatoms. The highest BCUT2D eigenvalue weighted by molar-refractivity contribution is 7.88. The van der Waals surface area contributed by atoms with Gasteiger partial charge in [0.1, 0.15) is 5.60 Å². The van der Waals surface area contributed by atoms with Crippen molar-refractivity contribution in [3.05, 3.63) is 77.4 Å². The largest absolute Gasteiger partial charge is 0.378 e. The van der Waals surface area contributed by atoms with Crippen LogP contribution in [0.25, 0.3) is 0 Å². The Labute approximate surface area is 151 Å². The van der Waals surface area contributed by atoms with Crippen molar-refractivity contribution in [1.29, 1.82) is 0 Å². The van der Waals surface area contributed by atoms with Crippen LogP contribution < -0.4 is 0 Å². The van der Waals surface area contributed by atoms with Gasteiger partial charge in [-0.3, -0.25) is 4.21 Å². The summed E-state index contributed by atoms with van der Waals surface area (Å²) in [6.45, 7) is 7.36. The zero-order chi connectivity index (χ0) is 18.0. The van der Waals surface area contributed by atoms with Crippen LogP contribution in [0.1, 0.15) is 31.9 Å². The lowest BCUT2D eigenvalue weighted by atomic mass is 9.88. The van der Waals surface area contributed by atoms with Crippen LogP contribution in [0, 0.1) is 6.92 Å². The van der Waals surface area contributed by atoms with E-state index in [1.54, 1.807) is 37.3 Å². The molecule has 0 heterocycles. The van der Waals surface area contributed by atoms with E-state index in [1.807, 2.05) is 51.1 Å². The fourth-order valence-corrected chi connectivity index (χ4v) is 4.32. The molecular weight excluding hydrogens is 340 g/mol. The predicted octanol–water partition coefficient (Wildman–Crippen LogP) is 4.91. The molecule has 0 aliphatic carbocycles. The fourth-order valence-electron chi connectivity index (χ4n) is 2.60. The minimum Gasteiger partial charge on any atom is -0.378 e. The van der Waals surface area contributed by atoms with E-state index in [4.69, 9.17) is 11.6 Å². The molecular formula is C20H23ClO2S. The van der Waals surface area contributed by atoms with Crippen molar-refractivity contribution in [3.8, 4) is 0 Å². The lowest BCUT2D eigenvalue weighted by Crippen LogP contribution is -2.47. The summed E-state index contributed by atoms with van der Waals surface area (Å²) in [6, 6.07) is 16.5. The maximum atomic E-state index is 13.2. The highest BCUT2D eigenvalue weighted by atomic mass is 35.5. The number of alkyl halides is 1. The third-order valence-electron chi connectivity index (χ3n) is 3.98. The van der Waals surface area contributed by atoms with Crippen LogP contribution in [0.4, 0.5) is 0 Å². The van der Waals surface area contributed by atoms with Gasteiger partial charge in [0.15, 0.2) is 4.21 Å². The van der Waals surface area contributed by atoms with E-state index in [0.717, 1.165) is 11.1 Å². The lowest BCUT2D eigenvalue weighted by molar-refractivity contribution is 0.0759. The number of hydrogen-bond acceptors (Lipinski definition) is 2. The Balaban J connectivity index is 2.57. The highest BCUT2D eigenvalue weighted by Gasteiger charge is 2.50. The summed E-state index contributed by atoms with van der Waals surface area (Å²) in [5.41, 5.74) is 1.03. The first-order valence-corrected chi connectivity index (χ1v) is 9.32. The number of aryl methyl sites for hydroxylation is 1. The molecule has 0 saturated carbocycles. The van der Waals surface area contributed by atoms with Crippen LogP contribution in [-0.4, -0.2) is 13.5 Å². The van der Waals surface area contributed by atoms with E-state index >= 15 is 0 Å². The Morgan fingerprint density at radius 2 is 1.62 bits per heavy atom. The second-order valence-electron chi connectivity index (χ2n) is 6.35. The minimum atomic E-state index is -1.62. The molecule has 1 N–H and O–H groups in total. The van der Waals surface area contributed by atoms with Gasteiger partial charge in [0.2, 0.25) is 0 Å². The first-order valence-electron chi connectivity index (χ1n) is 7.80. The summed E-state index contributed by atoms with van der Waals surface area (Å²) in [4.78, 5) is 0.592. The van der Waals surface area contributed by atoms with Crippen molar-refractivity contribution in [1.82, 2.24) is 0 Å². The summed E-state index contributed by atoms with van der Waals surface area (Å²) >= 11 is 6.75. The molecule has 2 aromatic carbocycles. The molecule has 3 atom stereocenters. The minimum absolute atomic E-state index is 0.592. The van der Waals surface area contributed by atoms with Gasteiger partial charge >= 0.3 is 0 Å². The van der Waals surface area contributed by atoms with E-state index in [-0.39, 0.29) is 0 Å². The standard InChI is InChI=1S/C20H23ClO2S/c1-15(2)14-20(22,17-8-6-5-7-9-17)19(4,21)24(23)18-12-10-16(3)11-13-18/h5-14,22H,1-4H3. The Morgan fingerprint density at radius 1 is 1.08 bits per heavy atom. The monoisotopic (exact) mass is 362 g/mol. The molecule has 0 bridgehead atoms. The third-order valence-corrected chi connectivity index (χ3v) is 6.39. The molecule has 0 aliphatic rings. The molecule has 0 spiro atoms. The molecule has 2 rings (SSSR count). The molecule has 0 aromatic heterocycles. The summed E-state index contributed by atoms with van der Waals surface area (Å²) in [5.74, 6) is 0. The zero-order valence-electron chi connectivity index (χ0n) is 14.4. The molecule has 0 fully saturated rings. The molecule has 2 aromatic rings. The molecule has 128 valence electrons. The number of benzene rings is 2. The number of hydrogen-bond donors (Lipinski definition) is 1. The van der Waals surface area contributed by atoms with Crippen LogP contribution in [-0.2, 0) is 16.4 Å². The van der Waals surface area contributed by atoms with Gasteiger partial charge in [-0.15, -0.1) is 11.6 Å². The summed E-state index contributed by atoms with van der Waals surface area (Å²) < 4.78 is 11.7. The van der Waals surface area contributed by atoms with Gasteiger partial charge in [-0.2, -0.15) is 0 Å². The second-order valence-corrected chi connectivity index (χ2v) is 9.16. The Hall–Kier alpha value is -1.42. The smallest absolute Gasteiger partial charge is 0.157 e. The van der Waals surface area contributed by atoms with Crippen molar-refractivity contribution < 1.29 is 9.32 Å². The van der Waals surface area contributed by atoms with Crippen LogP contribution in [0.15, 0.2) is 71.1 Å². The molecule has 0 radical (unpaired) electrons. The van der Waals surface area contributed by atoms with Crippen LogP contribution >= 0.6 is 11.6 Å². The van der Waals surface area contributed by atoms with Crippen LogP contribution in [0.2, 0.25) is 0 Å². The first kappa shape index (κ1) is 18.9. The molecule has 3 unspecified atom stereocenters. The van der Waals surface area contributed by atoms with Crippen LogP contribution in [0.5, 0.6) is 0 Å². The topological polar surface area (TPSA) is 37.3 Å². The third kappa shape index (κ3) is 3.64. The lowest BCUT2D eigenvalue weighted by Gasteiger charge is -2.38. The van der Waals surface area contributed by atoms with Crippen LogP contribution in [0.3, 0.4) is 0 Å². The summed E-state index contributed by atoms with van der Waals surface area (Å²) in [6.07, 6.45) is 1.68. The Kier molecular flexibility index (Phi) is 5.69. The second kappa shape index (κ2) is 7.22. The van der Waals surface area contributed by atoms with Gasteiger partial charge in [-0.1, -0.05) is 53.6 Å². The maximum absolute atomic E-state index is 13.2. The molecule has 0 aliphatic heterocycles. The number of halogens is 1. The van der Waals surface area contributed by atoms with E-state index in [9.17, 15) is 9.32 Å². The number of rotatable bonds is 5. The van der Waals surface area contributed by atoms with E-state index in [2.05, 4.69) is 0 Å². The van der Waals surface area contributed by atoms with Crippen molar-refractivity contribution >= 4 is 22.4 Å². The van der Waals surface area contributed by atoms with E-state index < -0.39 is 20.6 Å². The van der Waals surface area contributed by atoms with Gasteiger partial charge < -0.3 is 5.11 Å². The van der Waals surface area contributed by atoms with E-state index in [1.165, 1.54) is 0 Å². The summed E-state index contributed by atoms with van der Waals surface area (Å²) in [5, 5.41) is 11.5. The first-order chi connectivity index (χ1) is 11.2. The van der Waals surface area contributed by atoms with Gasteiger partial charge in [0, 0.05) is 4.90 Å². The summed E-state index contributed by atoms with van der Waals surface area (Å²) in [7, 11) is -1.62. The number of allylic oxidation sites excluding steroid dienone is 1. The van der Waals surface area contributed by atoms with Crippen molar-refractivity contribution in [3.63, 3.8) is 0 Å². The zero-order valence-corrected chi connectivity index (χ0v) is 16.0. The van der Waals surface area contributed by atoms with E-state index in [0.29, 0.717) is 10.5 Å². The molecule has 24 heavy (non-hydrogen) atoms. The van der Waals surface area contributed by atoms with Crippen molar-refractivity contribution in [2.75, 3.05) is 0 Å². The van der Waals surface area contributed by atoms with Crippen molar-refractivity contribution in [2.45, 2.75) is 42.4 Å². The normalized spacial score (nSPS) is 17.4. The molecule has 2 nitrogen and oxygen atoms in total. The highest BCUT2D eigenvalue weighted by Crippen LogP contribution is 2.44. The quantitative estimate of drug-likeness (QED) is 0.606. The molecule has 0 saturated heterocycles. The average Bonchev–Trinajstić information content (AvgIpc) is 2.55. The maximum Gasteiger partial charge on any atom is 0.157 e. The average molecular weight is 363 g/mol. The Morgan fingerprint density at radius 3 is 2.12 bits per heavy atom. The SMILES string of the molecule is CC(C)=CC(O)(c1ccccc1)C(C)(Cl)S(=O)c1ccc(C)cc1.